The van der Waals surface area contributed by atoms with Gasteiger partial charge in [0.15, 0.2) is 11.5 Å². The van der Waals surface area contributed by atoms with Gasteiger partial charge in [-0.1, -0.05) is 0 Å². The molecular weight excluding hydrogens is 306 g/mol. The molecule has 1 atom stereocenters. The van der Waals surface area contributed by atoms with Gasteiger partial charge in [-0.05, 0) is 38.0 Å². The highest BCUT2D eigenvalue weighted by atomic mass is 16.6. The number of fused-ring (bicyclic) bond motifs is 1. The van der Waals surface area contributed by atoms with Crippen LogP contribution in [0.3, 0.4) is 0 Å². The standard InChI is InChI=1S/C18H21N3O3/c1-13-19-6-8-21(13)15-3-2-7-20(12-15)18(22)14-4-5-16-17(11-14)24-10-9-23-16/h4-6,8,11,15H,2-3,7,9-10,12H2,1H3. The molecule has 0 spiro atoms. The van der Waals surface area contributed by atoms with Gasteiger partial charge in [0, 0.05) is 31.0 Å². The number of amides is 1. The summed E-state index contributed by atoms with van der Waals surface area (Å²) in [4.78, 5) is 19.1. The van der Waals surface area contributed by atoms with E-state index in [0.717, 1.165) is 25.2 Å². The molecule has 0 bridgehead atoms. The molecule has 2 aromatic rings. The van der Waals surface area contributed by atoms with Gasteiger partial charge < -0.3 is 18.9 Å². The number of imidazole rings is 1. The molecule has 1 saturated heterocycles. The second-order valence-corrected chi connectivity index (χ2v) is 6.29. The summed E-state index contributed by atoms with van der Waals surface area (Å²) >= 11 is 0. The van der Waals surface area contributed by atoms with Gasteiger partial charge in [0.1, 0.15) is 19.0 Å². The van der Waals surface area contributed by atoms with Gasteiger partial charge in [0.2, 0.25) is 0 Å². The first-order valence-corrected chi connectivity index (χ1v) is 8.41. The second-order valence-electron chi connectivity index (χ2n) is 6.29. The molecule has 2 aliphatic rings. The third-order valence-corrected chi connectivity index (χ3v) is 4.73. The van der Waals surface area contributed by atoms with E-state index in [1.807, 2.05) is 36.4 Å². The summed E-state index contributed by atoms with van der Waals surface area (Å²) in [7, 11) is 0. The van der Waals surface area contributed by atoms with Crippen molar-refractivity contribution in [2.45, 2.75) is 25.8 Å². The summed E-state index contributed by atoms with van der Waals surface area (Å²) in [5.41, 5.74) is 0.655. The predicted molar refractivity (Wildman–Crippen MR) is 88.6 cm³/mol. The Kier molecular flexibility index (Phi) is 3.88. The minimum atomic E-state index is 0.0504. The zero-order valence-corrected chi connectivity index (χ0v) is 13.8. The molecule has 4 rings (SSSR count). The van der Waals surface area contributed by atoms with Crippen LogP contribution in [0.2, 0.25) is 0 Å². The number of aryl methyl sites for hydroxylation is 1. The lowest BCUT2D eigenvalue weighted by molar-refractivity contribution is 0.0677. The van der Waals surface area contributed by atoms with Gasteiger partial charge in [-0.25, -0.2) is 4.98 Å². The van der Waals surface area contributed by atoms with E-state index in [-0.39, 0.29) is 5.91 Å². The van der Waals surface area contributed by atoms with Crippen LogP contribution in [0.5, 0.6) is 11.5 Å². The van der Waals surface area contributed by atoms with E-state index in [1.165, 1.54) is 0 Å². The molecule has 0 saturated carbocycles. The van der Waals surface area contributed by atoms with Crippen molar-refractivity contribution >= 4 is 5.91 Å². The lowest BCUT2D eigenvalue weighted by Gasteiger charge is -2.34. The number of piperidine rings is 1. The molecule has 0 radical (unpaired) electrons. The third kappa shape index (κ3) is 2.72. The number of ether oxygens (including phenoxy) is 2. The number of aromatic nitrogens is 2. The smallest absolute Gasteiger partial charge is 0.254 e. The van der Waals surface area contributed by atoms with Crippen molar-refractivity contribution in [1.29, 1.82) is 0 Å². The van der Waals surface area contributed by atoms with E-state index in [0.29, 0.717) is 42.9 Å². The van der Waals surface area contributed by atoms with Gasteiger partial charge >= 0.3 is 0 Å². The number of benzene rings is 1. The molecule has 0 aliphatic carbocycles. The van der Waals surface area contributed by atoms with Gasteiger partial charge in [0.25, 0.3) is 5.91 Å². The summed E-state index contributed by atoms with van der Waals surface area (Å²) in [5, 5.41) is 0. The SMILES string of the molecule is Cc1nccn1C1CCCN(C(=O)c2ccc3c(c2)OCCO3)C1. The van der Waals surface area contributed by atoms with Crippen molar-refractivity contribution in [2.24, 2.45) is 0 Å². The molecule has 1 amide bonds. The molecule has 126 valence electrons. The number of hydrogen-bond acceptors (Lipinski definition) is 4. The van der Waals surface area contributed by atoms with E-state index in [1.54, 1.807) is 6.07 Å². The van der Waals surface area contributed by atoms with Crippen LogP contribution < -0.4 is 9.47 Å². The molecule has 1 fully saturated rings. The highest BCUT2D eigenvalue weighted by Crippen LogP contribution is 2.32. The Morgan fingerprint density at radius 1 is 1.25 bits per heavy atom. The lowest BCUT2D eigenvalue weighted by atomic mass is 10.0. The molecule has 6 nitrogen and oxygen atoms in total. The summed E-state index contributed by atoms with van der Waals surface area (Å²) in [5.74, 6) is 2.41. The highest BCUT2D eigenvalue weighted by molar-refractivity contribution is 5.95. The number of nitrogens with zero attached hydrogens (tertiary/aromatic N) is 3. The van der Waals surface area contributed by atoms with Crippen LogP contribution in [0.1, 0.15) is 35.1 Å². The Morgan fingerprint density at radius 3 is 2.88 bits per heavy atom. The van der Waals surface area contributed by atoms with Crippen molar-refractivity contribution in [3.05, 3.63) is 42.0 Å². The van der Waals surface area contributed by atoms with Crippen molar-refractivity contribution in [3.8, 4) is 11.5 Å². The van der Waals surface area contributed by atoms with Crippen LogP contribution in [0.15, 0.2) is 30.6 Å². The Labute approximate surface area is 141 Å². The van der Waals surface area contributed by atoms with E-state index >= 15 is 0 Å². The first kappa shape index (κ1) is 15.1. The Morgan fingerprint density at radius 2 is 2.08 bits per heavy atom. The molecule has 1 unspecified atom stereocenters. The van der Waals surface area contributed by atoms with Gasteiger partial charge in [-0.3, -0.25) is 4.79 Å². The fourth-order valence-electron chi connectivity index (χ4n) is 3.50. The molecule has 24 heavy (non-hydrogen) atoms. The van der Waals surface area contributed by atoms with Crippen molar-refractivity contribution in [2.75, 3.05) is 26.3 Å². The first-order chi connectivity index (χ1) is 11.7. The maximum Gasteiger partial charge on any atom is 0.254 e. The average molecular weight is 327 g/mol. The van der Waals surface area contributed by atoms with Gasteiger partial charge in [-0.15, -0.1) is 0 Å². The molecule has 6 heteroatoms. The maximum absolute atomic E-state index is 12.9. The largest absolute Gasteiger partial charge is 0.486 e. The zero-order valence-electron chi connectivity index (χ0n) is 13.8. The Hall–Kier alpha value is -2.50. The summed E-state index contributed by atoms with van der Waals surface area (Å²) < 4.78 is 13.3. The normalized spacial score (nSPS) is 20.0. The minimum Gasteiger partial charge on any atom is -0.486 e. The van der Waals surface area contributed by atoms with Crippen LogP contribution in [0.25, 0.3) is 0 Å². The molecule has 3 heterocycles. The van der Waals surface area contributed by atoms with Crippen LogP contribution >= 0.6 is 0 Å². The quantitative estimate of drug-likeness (QED) is 0.850. The third-order valence-electron chi connectivity index (χ3n) is 4.73. The minimum absolute atomic E-state index is 0.0504. The summed E-state index contributed by atoms with van der Waals surface area (Å²) in [6.07, 6.45) is 5.88. The van der Waals surface area contributed by atoms with Crippen molar-refractivity contribution in [3.63, 3.8) is 0 Å². The summed E-state index contributed by atoms with van der Waals surface area (Å²) in [6, 6.07) is 5.73. The Bertz CT molecular complexity index is 756. The van der Waals surface area contributed by atoms with Crippen LogP contribution in [0.4, 0.5) is 0 Å². The van der Waals surface area contributed by atoms with Gasteiger partial charge in [0.05, 0.1) is 6.04 Å². The van der Waals surface area contributed by atoms with Crippen LogP contribution in [0, 0.1) is 6.92 Å². The number of rotatable bonds is 2. The van der Waals surface area contributed by atoms with E-state index in [4.69, 9.17) is 9.47 Å². The van der Waals surface area contributed by atoms with Crippen LogP contribution in [-0.4, -0.2) is 46.7 Å². The predicted octanol–water partition coefficient (Wildman–Crippen LogP) is 2.44. The fraction of sp³-hybridized carbons (Fsp3) is 0.444. The number of carbonyl (C=O) groups is 1. The van der Waals surface area contributed by atoms with E-state index in [2.05, 4.69) is 9.55 Å². The molecule has 0 N–H and O–H groups in total. The monoisotopic (exact) mass is 327 g/mol. The first-order valence-electron chi connectivity index (χ1n) is 8.41. The van der Waals surface area contributed by atoms with Crippen molar-refractivity contribution in [1.82, 2.24) is 14.5 Å². The maximum atomic E-state index is 12.9. The molecular formula is C18H21N3O3. The zero-order chi connectivity index (χ0) is 16.5. The molecule has 1 aromatic carbocycles. The summed E-state index contributed by atoms with van der Waals surface area (Å²) in [6.45, 7) is 4.58. The molecule has 2 aliphatic heterocycles. The fourth-order valence-corrected chi connectivity index (χ4v) is 3.50. The highest BCUT2D eigenvalue weighted by Gasteiger charge is 2.27. The number of hydrogen-bond donors (Lipinski definition) is 0. The number of carbonyl (C=O) groups excluding carboxylic acids is 1. The lowest BCUT2D eigenvalue weighted by Crippen LogP contribution is -2.40. The number of likely N-dealkylation sites (tertiary alicyclic amines) is 1. The topological polar surface area (TPSA) is 56.6 Å². The van der Waals surface area contributed by atoms with Gasteiger partial charge in [-0.2, -0.15) is 0 Å². The Balaban J connectivity index is 1.52. The van der Waals surface area contributed by atoms with E-state index in [9.17, 15) is 4.79 Å². The molecule has 1 aromatic heterocycles. The van der Waals surface area contributed by atoms with Crippen molar-refractivity contribution < 1.29 is 14.3 Å². The second kappa shape index (κ2) is 6.19. The average Bonchev–Trinajstić information content (AvgIpc) is 3.07. The van der Waals surface area contributed by atoms with E-state index < -0.39 is 0 Å². The van der Waals surface area contributed by atoms with Crippen LogP contribution in [-0.2, 0) is 0 Å².